The fourth-order valence-corrected chi connectivity index (χ4v) is 10.9. The second kappa shape index (κ2) is 11.6. The molecule has 0 aromatic rings. The highest BCUT2D eigenvalue weighted by molar-refractivity contribution is 6.64. The summed E-state index contributed by atoms with van der Waals surface area (Å²) in [6.45, 7) is 12.6. The molecule has 0 aromatic heterocycles. The van der Waals surface area contributed by atoms with Gasteiger partial charge in [-0.05, 0) is 146 Å². The molecule has 0 radical (unpaired) electrons. The lowest BCUT2D eigenvalue weighted by atomic mass is 9.43. The maximum atomic E-state index is 12.3. The number of carbonyl (C=O) groups is 2. The molecule has 0 bridgehead atoms. The summed E-state index contributed by atoms with van der Waals surface area (Å²) >= 11 is 11.7. The highest BCUT2D eigenvalue weighted by Crippen LogP contribution is 2.69. The largest absolute Gasteiger partial charge is 0.281 e. The molecule has 0 saturated heterocycles. The fourth-order valence-electron chi connectivity index (χ4n) is 10.5. The number of carbonyl (C=O) groups excluding carboxylic acids is 2. The molecule has 5 unspecified atom stereocenters. The second-order valence-corrected chi connectivity index (χ2v) is 15.3. The van der Waals surface area contributed by atoms with Gasteiger partial charge >= 0.3 is 0 Å². The summed E-state index contributed by atoms with van der Waals surface area (Å²) in [7, 11) is 0. The van der Waals surface area contributed by atoms with Crippen molar-refractivity contribution in [3.05, 3.63) is 0 Å². The van der Waals surface area contributed by atoms with Gasteiger partial charge < -0.3 is 0 Å². The summed E-state index contributed by atoms with van der Waals surface area (Å²) in [4.78, 5) is 23.6. The van der Waals surface area contributed by atoms with Crippen molar-refractivity contribution in [2.45, 2.75) is 125 Å². The monoisotopic (exact) mass is 538 g/mol. The lowest BCUT2D eigenvalue weighted by Gasteiger charge is -2.61. The van der Waals surface area contributed by atoms with Crippen LogP contribution >= 0.6 is 23.2 Å². The van der Waals surface area contributed by atoms with Crippen LogP contribution in [0.1, 0.15) is 125 Å². The molecular formula is C32H52Cl2O2. The van der Waals surface area contributed by atoms with Crippen LogP contribution in [-0.4, -0.2) is 10.5 Å². The Morgan fingerprint density at radius 3 is 2.19 bits per heavy atom. The summed E-state index contributed by atoms with van der Waals surface area (Å²) in [6, 6.07) is 0. The topological polar surface area (TPSA) is 34.1 Å². The first-order valence-electron chi connectivity index (χ1n) is 15.3. The first-order chi connectivity index (χ1) is 17.0. The van der Waals surface area contributed by atoms with E-state index in [2.05, 4.69) is 34.6 Å². The fraction of sp³-hybridized carbons (Fsp3) is 0.938. The van der Waals surface area contributed by atoms with Gasteiger partial charge in [0.2, 0.25) is 10.5 Å². The summed E-state index contributed by atoms with van der Waals surface area (Å²) < 4.78 is 0. The van der Waals surface area contributed by atoms with E-state index in [1.165, 1.54) is 64.2 Å². The van der Waals surface area contributed by atoms with Gasteiger partial charge in [-0.25, -0.2) is 0 Å². The van der Waals surface area contributed by atoms with Crippen molar-refractivity contribution in [3.63, 3.8) is 0 Å². The van der Waals surface area contributed by atoms with Gasteiger partial charge in [0.15, 0.2) is 0 Å². The molecule has 4 aliphatic rings. The maximum Gasteiger partial charge on any atom is 0.225 e. The van der Waals surface area contributed by atoms with Crippen molar-refractivity contribution in [3.8, 4) is 0 Å². The van der Waals surface area contributed by atoms with Crippen LogP contribution in [0.25, 0.3) is 0 Å². The van der Waals surface area contributed by atoms with Crippen LogP contribution in [-0.2, 0) is 9.59 Å². The van der Waals surface area contributed by atoms with Crippen LogP contribution in [0.3, 0.4) is 0 Å². The number of fused-ring (bicyclic) bond motifs is 5. The smallest absolute Gasteiger partial charge is 0.225 e. The van der Waals surface area contributed by atoms with Crippen LogP contribution in [0.5, 0.6) is 0 Å². The van der Waals surface area contributed by atoms with Crippen LogP contribution in [0.4, 0.5) is 0 Å². The lowest BCUT2D eigenvalue weighted by Crippen LogP contribution is -2.54. The normalized spacial score (nSPS) is 41.8. The molecule has 0 spiro atoms. The highest BCUT2D eigenvalue weighted by Gasteiger charge is 2.60. The van der Waals surface area contributed by atoms with E-state index in [0.29, 0.717) is 29.1 Å². The summed E-state index contributed by atoms with van der Waals surface area (Å²) in [5, 5.41) is -0.614. The van der Waals surface area contributed by atoms with Gasteiger partial charge in [-0.15, -0.1) is 0 Å². The summed E-state index contributed by atoms with van der Waals surface area (Å²) in [5.41, 5.74) is 0.951. The Labute approximate surface area is 231 Å². The summed E-state index contributed by atoms with van der Waals surface area (Å²) in [6.07, 6.45) is 16.8. The van der Waals surface area contributed by atoms with Gasteiger partial charge in [-0.3, -0.25) is 9.59 Å². The van der Waals surface area contributed by atoms with E-state index in [9.17, 15) is 9.59 Å². The van der Waals surface area contributed by atoms with Crippen molar-refractivity contribution in [1.82, 2.24) is 0 Å². The van der Waals surface area contributed by atoms with Gasteiger partial charge in [-0.2, -0.15) is 0 Å². The first kappa shape index (κ1) is 28.9. The van der Waals surface area contributed by atoms with Crippen molar-refractivity contribution < 1.29 is 9.59 Å². The predicted molar refractivity (Wildman–Crippen MR) is 151 cm³/mol. The highest BCUT2D eigenvalue weighted by atomic mass is 35.5. The molecule has 0 N–H and O–H groups in total. The van der Waals surface area contributed by atoms with E-state index in [1.54, 1.807) is 0 Å². The molecule has 10 atom stereocenters. The molecule has 4 heteroatoms. The zero-order valence-corrected chi connectivity index (χ0v) is 25.2. The average Bonchev–Trinajstić information content (AvgIpc) is 3.15. The third-order valence-electron chi connectivity index (χ3n) is 12.4. The van der Waals surface area contributed by atoms with Gasteiger partial charge in [0.25, 0.3) is 0 Å². The Hall–Kier alpha value is -0.0800. The van der Waals surface area contributed by atoms with Gasteiger partial charge in [-0.1, -0.05) is 53.9 Å². The number of hydrogen-bond acceptors (Lipinski definition) is 2. The number of rotatable bonds is 10. The Morgan fingerprint density at radius 1 is 0.833 bits per heavy atom. The van der Waals surface area contributed by atoms with E-state index in [4.69, 9.17) is 23.2 Å². The standard InChI is InChI=1S/C32H52Cl2O2/c1-20(2)7-6-8-21(3)26-12-13-27-25-10-9-23-19-22(24(30(34)36)11-14-29(33)35)15-17-31(23,4)28(25)16-18-32(26,27)5/h20-28H,6-19H2,1-5H3/t21-,22+,23?,24?,25?,26-,27?,28?,31+,32-/m1/s1. The van der Waals surface area contributed by atoms with Crippen molar-refractivity contribution in [1.29, 1.82) is 0 Å². The molecule has 4 saturated carbocycles. The minimum absolute atomic E-state index is 0.209. The number of hydrogen-bond donors (Lipinski definition) is 0. The molecule has 4 aliphatic carbocycles. The zero-order valence-electron chi connectivity index (χ0n) is 23.7. The third kappa shape index (κ3) is 5.61. The maximum absolute atomic E-state index is 12.3. The lowest BCUT2D eigenvalue weighted by molar-refractivity contribution is -0.131. The molecule has 36 heavy (non-hydrogen) atoms. The molecular weight excluding hydrogens is 487 g/mol. The van der Waals surface area contributed by atoms with Crippen molar-refractivity contribution in [2.24, 2.45) is 64.1 Å². The Bertz CT molecular complexity index is 795. The molecule has 2 nitrogen and oxygen atoms in total. The van der Waals surface area contributed by atoms with Crippen LogP contribution < -0.4 is 0 Å². The SMILES string of the molecule is CC(C)CCC[C@@H](C)[C@H]1CCC2C3CCC4C[C@@H](C(CCC(=O)Cl)C(=O)Cl)CC[C@]4(C)C3CC[C@@]21C. The molecule has 0 amide bonds. The van der Waals surface area contributed by atoms with Crippen LogP contribution in [0.2, 0.25) is 0 Å². The van der Waals surface area contributed by atoms with E-state index in [1.807, 2.05) is 0 Å². The molecule has 206 valence electrons. The van der Waals surface area contributed by atoms with Gasteiger partial charge in [0.05, 0.1) is 0 Å². The molecule has 0 heterocycles. The Balaban J connectivity index is 1.42. The average molecular weight is 540 g/mol. The van der Waals surface area contributed by atoms with Crippen molar-refractivity contribution >= 4 is 33.7 Å². The zero-order chi connectivity index (χ0) is 26.3. The first-order valence-corrected chi connectivity index (χ1v) is 16.1. The number of halogens is 2. The third-order valence-corrected chi connectivity index (χ3v) is 12.9. The van der Waals surface area contributed by atoms with Gasteiger partial charge in [0.1, 0.15) is 0 Å². The molecule has 4 fully saturated rings. The molecule has 0 aromatic carbocycles. The Kier molecular flexibility index (Phi) is 9.30. The molecule has 4 rings (SSSR count). The van der Waals surface area contributed by atoms with E-state index in [0.717, 1.165) is 48.3 Å². The van der Waals surface area contributed by atoms with Gasteiger partial charge in [0, 0.05) is 12.3 Å². The van der Waals surface area contributed by atoms with Crippen molar-refractivity contribution in [2.75, 3.05) is 0 Å². The molecule has 0 aliphatic heterocycles. The minimum atomic E-state index is -0.353. The van der Waals surface area contributed by atoms with E-state index < -0.39 is 0 Å². The predicted octanol–water partition coefficient (Wildman–Crippen LogP) is 9.65. The minimum Gasteiger partial charge on any atom is -0.281 e. The quantitative estimate of drug-likeness (QED) is 0.259. The van der Waals surface area contributed by atoms with Crippen LogP contribution in [0, 0.1) is 64.1 Å². The summed E-state index contributed by atoms with van der Waals surface area (Å²) in [5.74, 6) is 6.06. The van der Waals surface area contributed by atoms with Crippen LogP contribution in [0.15, 0.2) is 0 Å². The van der Waals surface area contributed by atoms with E-state index in [-0.39, 0.29) is 22.8 Å². The Morgan fingerprint density at radius 2 is 1.53 bits per heavy atom. The van der Waals surface area contributed by atoms with E-state index >= 15 is 0 Å². The second-order valence-electron chi connectivity index (χ2n) is 14.5.